The van der Waals surface area contributed by atoms with Crippen molar-refractivity contribution in [1.29, 1.82) is 0 Å². The number of carbonyl (C=O) groups is 1. The highest BCUT2D eigenvalue weighted by atomic mass is 79.9. The Morgan fingerprint density at radius 2 is 2.00 bits per heavy atom. The van der Waals surface area contributed by atoms with Gasteiger partial charge in [-0.05, 0) is 34.1 Å². The normalized spacial score (nSPS) is 10.1. The lowest BCUT2D eigenvalue weighted by Gasteiger charge is -2.13. The van der Waals surface area contributed by atoms with Crippen LogP contribution in [0.15, 0.2) is 46.9 Å². The van der Waals surface area contributed by atoms with Crippen LogP contribution < -0.4 is 15.8 Å². The fourth-order valence-corrected chi connectivity index (χ4v) is 2.13. The molecule has 0 bridgehead atoms. The summed E-state index contributed by atoms with van der Waals surface area (Å²) in [6, 6.07) is 12.9. The van der Waals surface area contributed by atoms with Crippen molar-refractivity contribution in [3.63, 3.8) is 0 Å². The fraction of sp³-hybridized carbons (Fsp3) is 0.133. The van der Waals surface area contributed by atoms with Gasteiger partial charge in [-0.2, -0.15) is 0 Å². The van der Waals surface area contributed by atoms with E-state index >= 15 is 0 Å². The number of amides is 1. The van der Waals surface area contributed by atoms with Crippen LogP contribution in [0.3, 0.4) is 0 Å². The molecule has 2 rings (SSSR count). The monoisotopic (exact) mass is 334 g/mol. The van der Waals surface area contributed by atoms with Gasteiger partial charge in [-0.15, -0.1) is 0 Å². The van der Waals surface area contributed by atoms with Crippen LogP contribution in [-0.2, 0) is 11.4 Å². The van der Waals surface area contributed by atoms with Crippen LogP contribution in [0.5, 0.6) is 5.75 Å². The van der Waals surface area contributed by atoms with Crippen LogP contribution in [-0.4, -0.2) is 5.91 Å². The van der Waals surface area contributed by atoms with E-state index in [0.29, 0.717) is 23.7 Å². The minimum atomic E-state index is -0.133. The van der Waals surface area contributed by atoms with Crippen molar-refractivity contribution in [2.75, 3.05) is 11.1 Å². The summed E-state index contributed by atoms with van der Waals surface area (Å²) in [6.07, 6.45) is 0. The van der Waals surface area contributed by atoms with Crippen LogP contribution in [0.1, 0.15) is 12.5 Å². The van der Waals surface area contributed by atoms with Crippen LogP contribution in [0.25, 0.3) is 0 Å². The smallest absolute Gasteiger partial charge is 0.221 e. The summed E-state index contributed by atoms with van der Waals surface area (Å²) in [5.41, 5.74) is 8.09. The maximum absolute atomic E-state index is 11.1. The molecule has 0 saturated heterocycles. The van der Waals surface area contributed by atoms with Crippen molar-refractivity contribution >= 4 is 33.2 Å². The number of hydrogen-bond donors (Lipinski definition) is 2. The predicted octanol–water partition coefficient (Wildman–Crippen LogP) is 3.57. The topological polar surface area (TPSA) is 64.3 Å². The maximum atomic E-state index is 11.1. The van der Waals surface area contributed by atoms with Gasteiger partial charge in [0.2, 0.25) is 5.91 Å². The van der Waals surface area contributed by atoms with Crippen LogP contribution in [0, 0.1) is 0 Å². The van der Waals surface area contributed by atoms with Crippen LogP contribution in [0.2, 0.25) is 0 Å². The predicted molar refractivity (Wildman–Crippen MR) is 83.6 cm³/mol. The van der Waals surface area contributed by atoms with Gasteiger partial charge in [0.25, 0.3) is 0 Å². The average Bonchev–Trinajstić information content (AvgIpc) is 2.41. The van der Waals surface area contributed by atoms with Crippen LogP contribution in [0.4, 0.5) is 11.4 Å². The van der Waals surface area contributed by atoms with Crippen molar-refractivity contribution < 1.29 is 9.53 Å². The Balaban J connectivity index is 2.15. The molecule has 104 valence electrons. The molecule has 0 spiro atoms. The first-order valence-corrected chi connectivity index (χ1v) is 6.89. The summed E-state index contributed by atoms with van der Waals surface area (Å²) >= 11 is 3.44. The average molecular weight is 335 g/mol. The van der Waals surface area contributed by atoms with E-state index in [0.717, 1.165) is 10.0 Å². The summed E-state index contributed by atoms with van der Waals surface area (Å²) in [7, 11) is 0. The molecule has 1 amide bonds. The number of rotatable bonds is 4. The van der Waals surface area contributed by atoms with E-state index in [1.807, 2.05) is 36.4 Å². The Morgan fingerprint density at radius 3 is 2.75 bits per heavy atom. The molecule has 2 aromatic rings. The molecule has 2 aromatic carbocycles. The molecule has 0 radical (unpaired) electrons. The Hall–Kier alpha value is -2.01. The second-order valence-electron chi connectivity index (χ2n) is 4.29. The van der Waals surface area contributed by atoms with E-state index in [-0.39, 0.29) is 5.91 Å². The van der Waals surface area contributed by atoms with Crippen molar-refractivity contribution in [3.8, 4) is 5.75 Å². The van der Waals surface area contributed by atoms with E-state index in [1.165, 1.54) is 6.92 Å². The SMILES string of the molecule is CC(=O)Nc1ccccc1OCc1cccc(N)c1Br. The summed E-state index contributed by atoms with van der Waals surface area (Å²) in [5.74, 6) is 0.489. The van der Waals surface area contributed by atoms with Crippen molar-refractivity contribution in [2.45, 2.75) is 13.5 Å². The van der Waals surface area contributed by atoms with Crippen molar-refractivity contribution in [3.05, 3.63) is 52.5 Å². The van der Waals surface area contributed by atoms with Crippen molar-refractivity contribution in [1.82, 2.24) is 0 Å². The first-order chi connectivity index (χ1) is 9.58. The van der Waals surface area contributed by atoms with Gasteiger partial charge in [0, 0.05) is 22.6 Å². The first-order valence-electron chi connectivity index (χ1n) is 6.10. The zero-order valence-corrected chi connectivity index (χ0v) is 12.6. The molecule has 4 nitrogen and oxygen atoms in total. The lowest BCUT2D eigenvalue weighted by atomic mass is 10.2. The number of ether oxygens (including phenoxy) is 1. The number of carbonyl (C=O) groups excluding carboxylic acids is 1. The molecule has 0 aliphatic heterocycles. The minimum Gasteiger partial charge on any atom is -0.487 e. The molecule has 0 aromatic heterocycles. The second-order valence-corrected chi connectivity index (χ2v) is 5.08. The zero-order chi connectivity index (χ0) is 14.5. The summed E-state index contributed by atoms with van der Waals surface area (Å²) in [5, 5.41) is 2.74. The fourth-order valence-electron chi connectivity index (χ4n) is 1.75. The number of para-hydroxylation sites is 2. The van der Waals surface area contributed by atoms with Gasteiger partial charge >= 0.3 is 0 Å². The number of nitrogens with one attached hydrogen (secondary N) is 1. The number of benzene rings is 2. The molecule has 0 fully saturated rings. The molecular weight excluding hydrogens is 320 g/mol. The first kappa shape index (κ1) is 14.4. The highest BCUT2D eigenvalue weighted by Gasteiger charge is 2.07. The van der Waals surface area contributed by atoms with E-state index < -0.39 is 0 Å². The Labute approximate surface area is 126 Å². The quantitative estimate of drug-likeness (QED) is 0.840. The molecule has 3 N–H and O–H groups in total. The third-order valence-corrected chi connectivity index (χ3v) is 3.66. The van der Waals surface area contributed by atoms with E-state index in [1.54, 1.807) is 6.07 Å². The van der Waals surface area contributed by atoms with Gasteiger partial charge in [-0.25, -0.2) is 0 Å². The van der Waals surface area contributed by atoms with E-state index in [9.17, 15) is 4.79 Å². The summed E-state index contributed by atoms with van der Waals surface area (Å²) in [4.78, 5) is 11.1. The van der Waals surface area contributed by atoms with Crippen molar-refractivity contribution in [2.24, 2.45) is 0 Å². The highest BCUT2D eigenvalue weighted by molar-refractivity contribution is 9.10. The van der Waals surface area contributed by atoms with Crippen LogP contribution >= 0.6 is 15.9 Å². The number of nitrogen functional groups attached to an aromatic ring is 1. The zero-order valence-electron chi connectivity index (χ0n) is 11.0. The third kappa shape index (κ3) is 3.51. The second kappa shape index (κ2) is 6.43. The molecule has 0 atom stereocenters. The van der Waals surface area contributed by atoms with Gasteiger partial charge in [-0.1, -0.05) is 24.3 Å². The van der Waals surface area contributed by atoms with E-state index in [4.69, 9.17) is 10.5 Å². The van der Waals surface area contributed by atoms with Gasteiger partial charge in [-0.3, -0.25) is 4.79 Å². The number of hydrogen-bond acceptors (Lipinski definition) is 3. The largest absolute Gasteiger partial charge is 0.487 e. The Morgan fingerprint density at radius 1 is 1.25 bits per heavy atom. The lowest BCUT2D eigenvalue weighted by molar-refractivity contribution is -0.114. The van der Waals surface area contributed by atoms with Gasteiger partial charge < -0.3 is 15.8 Å². The van der Waals surface area contributed by atoms with Gasteiger partial charge in [0.05, 0.1) is 5.69 Å². The van der Waals surface area contributed by atoms with Gasteiger partial charge in [0.1, 0.15) is 12.4 Å². The summed E-state index contributed by atoms with van der Waals surface area (Å²) < 4.78 is 6.59. The molecule has 0 aliphatic carbocycles. The minimum absolute atomic E-state index is 0.133. The standard InChI is InChI=1S/C15H15BrN2O2/c1-10(19)18-13-7-2-3-8-14(13)20-9-11-5-4-6-12(17)15(11)16/h2-8H,9,17H2,1H3,(H,18,19). The number of nitrogens with two attached hydrogens (primary N) is 1. The Bertz CT molecular complexity index is 629. The summed E-state index contributed by atoms with van der Waals surface area (Å²) in [6.45, 7) is 1.83. The lowest BCUT2D eigenvalue weighted by Crippen LogP contribution is -2.08. The molecule has 0 saturated carbocycles. The maximum Gasteiger partial charge on any atom is 0.221 e. The highest BCUT2D eigenvalue weighted by Crippen LogP contribution is 2.28. The van der Waals surface area contributed by atoms with Gasteiger partial charge in [0.15, 0.2) is 0 Å². The molecule has 5 heteroatoms. The third-order valence-electron chi connectivity index (χ3n) is 2.69. The molecule has 0 aliphatic rings. The number of halogens is 1. The molecule has 0 unspecified atom stereocenters. The molecule has 0 heterocycles. The van der Waals surface area contributed by atoms with E-state index in [2.05, 4.69) is 21.2 Å². The molecule has 20 heavy (non-hydrogen) atoms. The number of anilines is 2. The Kier molecular flexibility index (Phi) is 4.63. The molecular formula is C15H15BrN2O2.